The van der Waals surface area contributed by atoms with Gasteiger partial charge in [-0.3, -0.25) is 0 Å². The third-order valence-electron chi connectivity index (χ3n) is 6.36. The summed E-state index contributed by atoms with van der Waals surface area (Å²) in [6.45, 7) is 2.25. The van der Waals surface area contributed by atoms with Crippen molar-refractivity contribution in [1.82, 2.24) is 14.1 Å². The zero-order valence-corrected chi connectivity index (χ0v) is 18.3. The second-order valence-electron chi connectivity index (χ2n) is 8.47. The molecule has 0 radical (unpaired) electrons. The molecule has 1 saturated heterocycles. The van der Waals surface area contributed by atoms with E-state index >= 15 is 0 Å². The van der Waals surface area contributed by atoms with Gasteiger partial charge in [-0.2, -0.15) is 9.40 Å². The molecule has 3 aromatic rings. The summed E-state index contributed by atoms with van der Waals surface area (Å²) in [4.78, 5) is 12.6. The molecular formula is C24H22FN3O3S. The predicted octanol–water partition coefficient (Wildman–Crippen LogP) is 3.54. The van der Waals surface area contributed by atoms with Crippen LogP contribution >= 0.6 is 0 Å². The molecule has 1 aliphatic heterocycles. The summed E-state index contributed by atoms with van der Waals surface area (Å²) in [6.07, 6.45) is 5.36. The van der Waals surface area contributed by atoms with Crippen molar-refractivity contribution in [2.24, 2.45) is 5.41 Å². The fourth-order valence-electron chi connectivity index (χ4n) is 4.63. The van der Waals surface area contributed by atoms with Crippen molar-refractivity contribution >= 4 is 22.4 Å². The van der Waals surface area contributed by atoms with Gasteiger partial charge in [0.25, 0.3) is 0 Å². The second-order valence-corrected chi connectivity index (χ2v) is 10.4. The number of piperidine rings is 1. The maximum atomic E-state index is 13.3. The van der Waals surface area contributed by atoms with Gasteiger partial charge in [-0.1, -0.05) is 17.7 Å². The Balaban J connectivity index is 1.50. The molecule has 0 amide bonds. The van der Waals surface area contributed by atoms with Crippen LogP contribution in [0.2, 0.25) is 0 Å². The van der Waals surface area contributed by atoms with Crippen molar-refractivity contribution < 1.29 is 17.6 Å². The minimum atomic E-state index is -3.71. The minimum Gasteiger partial charge on any atom is -0.302 e. The summed E-state index contributed by atoms with van der Waals surface area (Å²) in [5, 5.41) is 4.45. The summed E-state index contributed by atoms with van der Waals surface area (Å²) in [5.41, 5.74) is 3.28. The second kappa shape index (κ2) is 7.50. The topological polar surface area (TPSA) is 72.3 Å². The Morgan fingerprint density at radius 3 is 2.66 bits per heavy atom. The van der Waals surface area contributed by atoms with Gasteiger partial charge in [0.15, 0.2) is 0 Å². The fourth-order valence-corrected chi connectivity index (χ4v) is 6.25. The first-order valence-electron chi connectivity index (χ1n) is 10.4. The molecule has 8 heteroatoms. The molecule has 1 aliphatic carbocycles. The van der Waals surface area contributed by atoms with E-state index in [2.05, 4.69) is 5.10 Å². The SMILES string of the molecule is Cc1cccc(S(=O)(=O)N2CCC3=Cc4c(cnn4-c4ccc(F)cc4)C[C@]3(C=O)C2)c1. The van der Waals surface area contributed by atoms with Gasteiger partial charge in [-0.25, -0.2) is 17.5 Å². The highest BCUT2D eigenvalue weighted by Crippen LogP contribution is 2.44. The number of benzene rings is 2. The van der Waals surface area contributed by atoms with Crippen molar-refractivity contribution in [2.45, 2.75) is 24.7 Å². The van der Waals surface area contributed by atoms with Crippen LogP contribution in [0, 0.1) is 18.2 Å². The Kier molecular flexibility index (Phi) is 4.87. The highest BCUT2D eigenvalue weighted by Gasteiger charge is 2.46. The fraction of sp³-hybridized carbons (Fsp3) is 0.250. The van der Waals surface area contributed by atoms with Gasteiger partial charge in [-0.05, 0) is 73.4 Å². The maximum Gasteiger partial charge on any atom is 0.243 e. The lowest BCUT2D eigenvalue weighted by atomic mass is 9.70. The molecule has 0 bridgehead atoms. The van der Waals surface area contributed by atoms with Gasteiger partial charge in [0.1, 0.15) is 12.1 Å². The molecule has 0 unspecified atom stereocenters. The summed E-state index contributed by atoms with van der Waals surface area (Å²) in [5.74, 6) is -0.324. The molecule has 2 aromatic carbocycles. The van der Waals surface area contributed by atoms with E-state index < -0.39 is 15.4 Å². The molecule has 1 atom stereocenters. The zero-order chi connectivity index (χ0) is 22.5. The van der Waals surface area contributed by atoms with Crippen LogP contribution in [-0.4, -0.2) is 41.9 Å². The van der Waals surface area contributed by atoms with E-state index in [1.807, 2.05) is 19.1 Å². The molecule has 1 fully saturated rings. The van der Waals surface area contributed by atoms with Gasteiger partial charge in [-0.15, -0.1) is 0 Å². The lowest BCUT2D eigenvalue weighted by molar-refractivity contribution is -0.115. The third kappa shape index (κ3) is 3.30. The van der Waals surface area contributed by atoms with Gasteiger partial charge < -0.3 is 4.79 Å². The number of halogens is 1. The Labute approximate surface area is 186 Å². The van der Waals surface area contributed by atoms with Crippen LogP contribution in [0.5, 0.6) is 0 Å². The summed E-state index contributed by atoms with van der Waals surface area (Å²) >= 11 is 0. The van der Waals surface area contributed by atoms with Crippen molar-refractivity contribution in [3.63, 3.8) is 0 Å². The van der Waals surface area contributed by atoms with E-state index in [4.69, 9.17) is 0 Å². The number of nitrogens with zero attached hydrogens (tertiary/aromatic N) is 3. The van der Waals surface area contributed by atoms with Crippen molar-refractivity contribution in [3.05, 3.63) is 82.9 Å². The number of aldehydes is 1. The van der Waals surface area contributed by atoms with Crippen LogP contribution in [0.4, 0.5) is 4.39 Å². The third-order valence-corrected chi connectivity index (χ3v) is 8.20. The molecule has 5 rings (SSSR count). The van der Waals surface area contributed by atoms with E-state index in [0.29, 0.717) is 19.4 Å². The molecule has 2 aliphatic rings. The summed E-state index contributed by atoms with van der Waals surface area (Å²) in [6, 6.07) is 12.9. The minimum absolute atomic E-state index is 0.0970. The molecule has 0 N–H and O–H groups in total. The van der Waals surface area contributed by atoms with E-state index in [0.717, 1.165) is 34.4 Å². The molecular weight excluding hydrogens is 429 g/mol. The standard InChI is InChI=1S/C24H22FN3O3S/c1-17-3-2-4-22(11-17)32(30,31)27-10-9-19-12-23-18(13-24(19,15-27)16-29)14-26-28(23)21-7-5-20(25)6-8-21/h2-8,11-12,14,16H,9-10,13,15H2,1H3/t24-/m1/s1. The van der Waals surface area contributed by atoms with Crippen LogP contribution < -0.4 is 0 Å². The van der Waals surface area contributed by atoms with Crippen LogP contribution in [0.1, 0.15) is 23.2 Å². The number of fused-ring (bicyclic) bond motifs is 2. The van der Waals surface area contributed by atoms with E-state index in [1.54, 1.807) is 41.2 Å². The van der Waals surface area contributed by atoms with Crippen molar-refractivity contribution in [1.29, 1.82) is 0 Å². The van der Waals surface area contributed by atoms with Crippen LogP contribution in [0.15, 0.2) is 65.2 Å². The number of carbonyl (C=O) groups is 1. The van der Waals surface area contributed by atoms with E-state index in [1.165, 1.54) is 16.4 Å². The highest BCUT2D eigenvalue weighted by atomic mass is 32.2. The highest BCUT2D eigenvalue weighted by molar-refractivity contribution is 7.89. The summed E-state index contributed by atoms with van der Waals surface area (Å²) in [7, 11) is -3.71. The van der Waals surface area contributed by atoms with Crippen molar-refractivity contribution in [3.8, 4) is 5.69 Å². The first-order chi connectivity index (χ1) is 15.3. The number of aromatic nitrogens is 2. The molecule has 2 heterocycles. The summed E-state index contributed by atoms with van der Waals surface area (Å²) < 4.78 is 43.0. The number of rotatable bonds is 4. The quantitative estimate of drug-likeness (QED) is 0.569. The van der Waals surface area contributed by atoms with Crippen LogP contribution in [-0.2, 0) is 21.2 Å². The van der Waals surface area contributed by atoms with Gasteiger partial charge in [0.05, 0.1) is 27.9 Å². The number of hydrogen-bond acceptors (Lipinski definition) is 4. The van der Waals surface area contributed by atoms with Gasteiger partial charge in [0, 0.05) is 13.1 Å². The van der Waals surface area contributed by atoms with E-state index in [-0.39, 0.29) is 17.3 Å². The lowest BCUT2D eigenvalue weighted by Gasteiger charge is -2.42. The maximum absolute atomic E-state index is 13.3. The van der Waals surface area contributed by atoms with Gasteiger partial charge in [0.2, 0.25) is 10.0 Å². The van der Waals surface area contributed by atoms with Gasteiger partial charge >= 0.3 is 0 Å². The monoisotopic (exact) mass is 451 g/mol. The predicted molar refractivity (Wildman–Crippen MR) is 118 cm³/mol. The molecule has 1 aromatic heterocycles. The number of sulfonamides is 1. The first kappa shape index (κ1) is 20.8. The molecule has 0 saturated carbocycles. The average Bonchev–Trinajstić information content (AvgIpc) is 3.19. The molecule has 32 heavy (non-hydrogen) atoms. The normalized spacial score (nSPS) is 20.9. The first-order valence-corrected chi connectivity index (χ1v) is 11.8. The van der Waals surface area contributed by atoms with Crippen molar-refractivity contribution in [2.75, 3.05) is 13.1 Å². The lowest BCUT2D eigenvalue weighted by Crippen LogP contribution is -2.50. The Morgan fingerprint density at radius 1 is 1.16 bits per heavy atom. The largest absolute Gasteiger partial charge is 0.302 e. The van der Waals surface area contributed by atoms with Crippen LogP contribution in [0.3, 0.4) is 0 Å². The number of carbonyl (C=O) groups excluding carboxylic acids is 1. The van der Waals surface area contributed by atoms with Crippen LogP contribution in [0.25, 0.3) is 11.8 Å². The molecule has 6 nitrogen and oxygen atoms in total. The van der Waals surface area contributed by atoms with E-state index in [9.17, 15) is 17.6 Å². The Bertz CT molecular complexity index is 1350. The zero-order valence-electron chi connectivity index (χ0n) is 17.5. The Morgan fingerprint density at radius 2 is 1.94 bits per heavy atom. The number of aryl methyl sites for hydroxylation is 1. The Hall–Kier alpha value is -3.10. The smallest absolute Gasteiger partial charge is 0.243 e. The number of hydrogen-bond donors (Lipinski definition) is 0. The average molecular weight is 452 g/mol. The molecule has 164 valence electrons. The molecule has 0 spiro atoms.